The normalized spacial score (nSPS) is 13.0. The highest BCUT2D eigenvalue weighted by atomic mass is 35.5. The summed E-state index contributed by atoms with van der Waals surface area (Å²) < 4.78 is 63.9. The van der Waals surface area contributed by atoms with Gasteiger partial charge in [-0.15, -0.1) is 11.6 Å². The predicted molar refractivity (Wildman–Crippen MR) is 160 cm³/mol. The van der Waals surface area contributed by atoms with Gasteiger partial charge in [0.2, 0.25) is 0 Å². The second kappa shape index (κ2) is 14.5. The Labute approximate surface area is 255 Å². The summed E-state index contributed by atoms with van der Waals surface area (Å²) in [7, 11) is 0. The van der Waals surface area contributed by atoms with Crippen molar-refractivity contribution in [3.8, 4) is 17.2 Å². The number of carbonyl (C=O) groups is 2. The fraction of sp³-hybridized carbons (Fsp3) is 0.548. The van der Waals surface area contributed by atoms with Gasteiger partial charge in [0.05, 0.1) is 17.3 Å². The lowest BCUT2D eigenvalue weighted by atomic mass is 9.76. The second-order valence-corrected chi connectivity index (χ2v) is 11.8. The van der Waals surface area contributed by atoms with Gasteiger partial charge in [0.25, 0.3) is 5.91 Å². The molecule has 0 fully saturated rings. The number of rotatable bonds is 15. The van der Waals surface area contributed by atoms with E-state index in [2.05, 4.69) is 52.9 Å². The molecule has 2 rings (SSSR count). The van der Waals surface area contributed by atoms with E-state index in [0.717, 1.165) is 36.1 Å². The summed E-state index contributed by atoms with van der Waals surface area (Å²) in [4.78, 5) is 25.1. The van der Waals surface area contributed by atoms with Crippen molar-refractivity contribution in [1.29, 1.82) is 0 Å². The minimum Gasteiger partial charge on any atom is -0.506 e. The van der Waals surface area contributed by atoms with Crippen LogP contribution in [0.4, 0.5) is 28.9 Å². The number of amides is 2. The van der Waals surface area contributed by atoms with E-state index in [0.29, 0.717) is 5.75 Å². The maximum absolute atomic E-state index is 13.5. The summed E-state index contributed by atoms with van der Waals surface area (Å²) in [6.45, 7) is 14.4. The maximum atomic E-state index is 13.5. The molecule has 1 unspecified atom stereocenters. The number of phenols is 1. The van der Waals surface area contributed by atoms with Gasteiger partial charge in [-0.2, -0.15) is 8.78 Å². The van der Waals surface area contributed by atoms with Gasteiger partial charge in [0.15, 0.2) is 6.10 Å². The van der Waals surface area contributed by atoms with Crippen LogP contribution in [-0.2, 0) is 20.4 Å². The molecule has 3 N–H and O–H groups in total. The zero-order valence-corrected chi connectivity index (χ0v) is 26.3. The molecule has 1 atom stereocenters. The molecule has 240 valence electrons. The van der Waals surface area contributed by atoms with Crippen LogP contribution in [0.25, 0.3) is 0 Å². The highest BCUT2D eigenvalue weighted by Gasteiger charge is 2.49. The second-order valence-electron chi connectivity index (χ2n) is 11.5. The van der Waals surface area contributed by atoms with Gasteiger partial charge >= 0.3 is 18.3 Å². The van der Waals surface area contributed by atoms with Gasteiger partial charge in [-0.05, 0) is 41.7 Å². The number of phenolic OH excluding ortho intramolecular Hbond substituents is 1. The number of anilines is 2. The van der Waals surface area contributed by atoms with Gasteiger partial charge in [0, 0.05) is 17.7 Å². The third-order valence-corrected chi connectivity index (χ3v) is 7.86. The molecule has 2 aromatic rings. The summed E-state index contributed by atoms with van der Waals surface area (Å²) >= 11 is 5.70. The standard InChI is InChI=1S/C31H41ClF4N2O5/c1-8-23(43-24-12-11-18(29(4,5)9-2)15-19(24)30(6,7)10-3)26(40)37-21-16-22(39)20(17-25(21)42-14-13-32)38-28(41)31(35,36)27(33)34/h11-12,15-17,23,27,39H,8-10,13-14H2,1-7H3,(H,37,40)(H,38,41). The van der Waals surface area contributed by atoms with E-state index < -0.39 is 41.7 Å². The van der Waals surface area contributed by atoms with Crippen LogP contribution < -0.4 is 20.1 Å². The topological polar surface area (TPSA) is 96.9 Å². The van der Waals surface area contributed by atoms with Crippen molar-refractivity contribution in [2.45, 2.75) is 97.0 Å². The van der Waals surface area contributed by atoms with Crippen molar-refractivity contribution in [1.82, 2.24) is 0 Å². The summed E-state index contributed by atoms with van der Waals surface area (Å²) in [6, 6.07) is 7.84. The number of hydrogen-bond acceptors (Lipinski definition) is 5. The number of halogens is 5. The van der Waals surface area contributed by atoms with Gasteiger partial charge in [-0.3, -0.25) is 9.59 Å². The first-order valence-corrected chi connectivity index (χ1v) is 14.6. The van der Waals surface area contributed by atoms with Crippen LogP contribution in [-0.4, -0.2) is 47.9 Å². The summed E-state index contributed by atoms with van der Waals surface area (Å²) in [5.74, 6) is -8.31. The van der Waals surface area contributed by atoms with Crippen molar-refractivity contribution in [3.05, 3.63) is 41.5 Å². The third-order valence-electron chi connectivity index (χ3n) is 7.71. The number of hydrogen-bond donors (Lipinski definition) is 3. The van der Waals surface area contributed by atoms with Crippen molar-refractivity contribution >= 4 is 34.8 Å². The smallest absolute Gasteiger partial charge is 0.383 e. The quantitative estimate of drug-likeness (QED) is 0.105. The lowest BCUT2D eigenvalue weighted by molar-refractivity contribution is -0.163. The molecule has 0 aliphatic carbocycles. The van der Waals surface area contributed by atoms with Crippen molar-refractivity contribution < 1.29 is 41.7 Å². The molecular weight excluding hydrogens is 592 g/mol. The average molecular weight is 633 g/mol. The predicted octanol–water partition coefficient (Wildman–Crippen LogP) is 8.02. The molecule has 0 spiro atoms. The van der Waals surface area contributed by atoms with E-state index in [1.807, 2.05) is 12.1 Å². The summed E-state index contributed by atoms with van der Waals surface area (Å²) in [6.07, 6.45) is -3.24. The van der Waals surface area contributed by atoms with Crippen molar-refractivity contribution in [3.63, 3.8) is 0 Å². The fourth-order valence-electron chi connectivity index (χ4n) is 4.00. The average Bonchev–Trinajstić information content (AvgIpc) is 2.96. The Balaban J connectivity index is 2.42. The SMILES string of the molecule is CCC(Oc1ccc(C(C)(C)CC)cc1C(C)(C)CC)C(=O)Nc1cc(O)c(NC(=O)C(F)(F)C(F)F)cc1OCCCl. The zero-order valence-electron chi connectivity index (χ0n) is 25.5. The van der Waals surface area contributed by atoms with E-state index in [9.17, 15) is 32.3 Å². The van der Waals surface area contributed by atoms with Crippen LogP contribution in [0.5, 0.6) is 17.2 Å². The van der Waals surface area contributed by atoms with Crippen molar-refractivity contribution in [2.24, 2.45) is 0 Å². The fourth-order valence-corrected chi connectivity index (χ4v) is 4.08. The summed E-state index contributed by atoms with van der Waals surface area (Å²) in [5, 5.41) is 14.6. The first kappa shape index (κ1) is 36.0. The Hall–Kier alpha value is -3.21. The summed E-state index contributed by atoms with van der Waals surface area (Å²) in [5.41, 5.74) is 1.05. The van der Waals surface area contributed by atoms with Crippen LogP contribution in [0.1, 0.15) is 78.9 Å². The Morgan fingerprint density at radius 1 is 0.930 bits per heavy atom. The van der Waals surface area contributed by atoms with E-state index in [1.165, 1.54) is 0 Å². The van der Waals surface area contributed by atoms with E-state index in [-0.39, 0.29) is 41.2 Å². The largest absolute Gasteiger partial charge is 0.506 e. The molecule has 0 aromatic heterocycles. The molecule has 0 bridgehead atoms. The molecule has 0 aliphatic heterocycles. The molecular formula is C31H41ClF4N2O5. The first-order chi connectivity index (χ1) is 19.9. The Morgan fingerprint density at radius 2 is 1.56 bits per heavy atom. The molecule has 0 aliphatic rings. The molecule has 0 saturated heterocycles. The van der Waals surface area contributed by atoms with Gasteiger partial charge in [-0.25, -0.2) is 8.78 Å². The zero-order chi connectivity index (χ0) is 32.8. The lowest BCUT2D eigenvalue weighted by Gasteiger charge is -2.31. The van der Waals surface area contributed by atoms with E-state index >= 15 is 0 Å². The number of aromatic hydroxyl groups is 1. The monoisotopic (exact) mass is 632 g/mol. The third kappa shape index (κ3) is 8.68. The van der Waals surface area contributed by atoms with Crippen molar-refractivity contribution in [2.75, 3.05) is 23.1 Å². The number of nitrogens with one attached hydrogen (secondary N) is 2. The molecule has 2 amide bonds. The number of ether oxygens (including phenoxy) is 2. The van der Waals surface area contributed by atoms with Gasteiger partial charge < -0.3 is 25.2 Å². The Kier molecular flexibility index (Phi) is 12.1. The van der Waals surface area contributed by atoms with Gasteiger partial charge in [0.1, 0.15) is 23.9 Å². The molecule has 0 heterocycles. The minimum atomic E-state index is -5.00. The van der Waals surface area contributed by atoms with Gasteiger partial charge in [-0.1, -0.05) is 60.6 Å². The highest BCUT2D eigenvalue weighted by molar-refractivity contribution is 6.18. The first-order valence-electron chi connectivity index (χ1n) is 14.1. The minimum absolute atomic E-state index is 0.000921. The van der Waals surface area contributed by atoms with E-state index in [1.54, 1.807) is 12.2 Å². The lowest BCUT2D eigenvalue weighted by Crippen LogP contribution is -2.41. The molecule has 2 aromatic carbocycles. The Morgan fingerprint density at radius 3 is 2.09 bits per heavy atom. The maximum Gasteiger partial charge on any atom is 0.383 e. The van der Waals surface area contributed by atoms with Crippen LogP contribution in [0.3, 0.4) is 0 Å². The van der Waals surface area contributed by atoms with Crippen LogP contribution in [0, 0.1) is 0 Å². The van der Waals surface area contributed by atoms with Crippen LogP contribution in [0.15, 0.2) is 30.3 Å². The van der Waals surface area contributed by atoms with Crippen LogP contribution in [0.2, 0.25) is 0 Å². The van der Waals surface area contributed by atoms with E-state index in [4.69, 9.17) is 21.1 Å². The number of carbonyl (C=O) groups excluding carboxylic acids is 2. The Bertz CT molecular complexity index is 1290. The van der Waals surface area contributed by atoms with Crippen LogP contribution >= 0.6 is 11.6 Å². The molecule has 12 heteroatoms. The number of alkyl halides is 5. The molecule has 43 heavy (non-hydrogen) atoms. The highest BCUT2D eigenvalue weighted by Crippen LogP contribution is 2.40. The molecule has 7 nitrogen and oxygen atoms in total. The molecule has 0 radical (unpaired) electrons. The number of benzene rings is 2. The molecule has 0 saturated carbocycles.